The molecule has 0 heterocycles. The Balaban J connectivity index is 2.33. The van der Waals surface area contributed by atoms with Crippen molar-refractivity contribution < 1.29 is 23.1 Å². The van der Waals surface area contributed by atoms with Crippen molar-refractivity contribution in [2.75, 3.05) is 27.0 Å². The Kier molecular flexibility index (Phi) is 6.19. The second kappa shape index (κ2) is 7.93. The molecule has 0 aliphatic carbocycles. The third-order valence-corrected chi connectivity index (χ3v) is 5.47. The molecule has 126 valence electrons. The lowest BCUT2D eigenvalue weighted by atomic mass is 10.1. The number of fused-ring (bicyclic) bond motifs is 1. The van der Waals surface area contributed by atoms with Crippen LogP contribution in [0.4, 0.5) is 0 Å². The van der Waals surface area contributed by atoms with Gasteiger partial charge in [0.25, 0.3) is 0 Å². The van der Waals surface area contributed by atoms with Gasteiger partial charge in [-0.1, -0.05) is 25.1 Å². The van der Waals surface area contributed by atoms with E-state index in [9.17, 15) is 4.57 Å². The van der Waals surface area contributed by atoms with Crippen LogP contribution in [0.2, 0.25) is 0 Å². The first-order chi connectivity index (χ1) is 11.0. The molecule has 2 rings (SSSR count). The Labute approximate surface area is 137 Å². The lowest BCUT2D eigenvalue weighted by Gasteiger charge is -2.23. The Bertz CT molecular complexity index is 700. The van der Waals surface area contributed by atoms with E-state index in [4.69, 9.17) is 18.5 Å². The van der Waals surface area contributed by atoms with Gasteiger partial charge in [0.1, 0.15) is 5.75 Å². The van der Waals surface area contributed by atoms with Crippen LogP contribution in [0.3, 0.4) is 0 Å². The highest BCUT2D eigenvalue weighted by molar-refractivity contribution is 7.53. The lowest BCUT2D eigenvalue weighted by Crippen LogP contribution is -2.08. The van der Waals surface area contributed by atoms with Crippen molar-refractivity contribution in [3.63, 3.8) is 0 Å². The van der Waals surface area contributed by atoms with Crippen molar-refractivity contribution in [2.24, 2.45) is 0 Å². The highest BCUT2D eigenvalue weighted by Crippen LogP contribution is 2.51. The Hall–Kier alpha value is -1.39. The average molecular weight is 338 g/mol. The lowest BCUT2D eigenvalue weighted by molar-refractivity contribution is -0.0643. The molecule has 6 heteroatoms. The largest absolute Gasteiger partial charge is 0.497 e. The summed E-state index contributed by atoms with van der Waals surface area (Å²) in [5, 5.41) is 2.07. The highest BCUT2D eigenvalue weighted by atomic mass is 31.2. The third-order valence-electron chi connectivity index (χ3n) is 3.53. The van der Waals surface area contributed by atoms with Gasteiger partial charge in [0.05, 0.1) is 13.7 Å². The molecule has 2 aromatic carbocycles. The summed E-state index contributed by atoms with van der Waals surface area (Å²) in [6.07, 6.45) is -0.454. The van der Waals surface area contributed by atoms with Crippen molar-refractivity contribution in [3.05, 3.63) is 42.0 Å². The molecule has 0 N–H and O–H groups in total. The predicted octanol–water partition coefficient (Wildman–Crippen LogP) is 4.76. The molecular formula is C17H23O5P. The number of methoxy groups -OCH3 is 2. The van der Waals surface area contributed by atoms with Gasteiger partial charge in [-0.15, -0.1) is 0 Å². The van der Waals surface area contributed by atoms with E-state index in [0.29, 0.717) is 12.8 Å². The summed E-state index contributed by atoms with van der Waals surface area (Å²) in [4.78, 5) is 0. The Morgan fingerprint density at radius 3 is 2.39 bits per heavy atom. The standard InChI is InChI=1S/C17H23O5P/c1-5-21-23(18,6-2)22-17(20-4)14-8-7-13-9-10-16(19-3)12-15(13)11-14/h7-12,17H,5-6H2,1-4H3. The fraction of sp³-hybridized carbons (Fsp3) is 0.412. The maximum atomic E-state index is 12.5. The van der Waals surface area contributed by atoms with Crippen LogP contribution in [0.25, 0.3) is 10.8 Å². The molecule has 23 heavy (non-hydrogen) atoms. The molecule has 2 atom stereocenters. The second-order valence-corrected chi connectivity index (χ2v) is 7.31. The predicted molar refractivity (Wildman–Crippen MR) is 91.1 cm³/mol. The van der Waals surface area contributed by atoms with Gasteiger partial charge in [-0.3, -0.25) is 9.09 Å². The number of benzene rings is 2. The molecule has 0 amide bonds. The minimum atomic E-state index is -3.16. The van der Waals surface area contributed by atoms with E-state index in [1.807, 2.05) is 36.4 Å². The molecule has 2 aromatic rings. The van der Waals surface area contributed by atoms with Gasteiger partial charge >= 0.3 is 7.60 Å². The minimum Gasteiger partial charge on any atom is -0.497 e. The van der Waals surface area contributed by atoms with Gasteiger partial charge in [0.2, 0.25) is 0 Å². The molecular weight excluding hydrogens is 315 g/mol. The molecule has 0 fully saturated rings. The van der Waals surface area contributed by atoms with Crippen LogP contribution in [0, 0.1) is 0 Å². The van der Waals surface area contributed by atoms with Gasteiger partial charge in [-0.25, -0.2) is 0 Å². The van der Waals surface area contributed by atoms with E-state index in [2.05, 4.69) is 0 Å². The van der Waals surface area contributed by atoms with Crippen molar-refractivity contribution in [3.8, 4) is 5.75 Å². The zero-order valence-electron chi connectivity index (χ0n) is 13.9. The number of hydrogen-bond donors (Lipinski definition) is 0. The fourth-order valence-corrected chi connectivity index (χ4v) is 3.58. The zero-order chi connectivity index (χ0) is 16.9. The van der Waals surface area contributed by atoms with E-state index in [-0.39, 0.29) is 0 Å². The quantitative estimate of drug-likeness (QED) is 0.513. The summed E-state index contributed by atoms with van der Waals surface area (Å²) in [7, 11) is -0.0129. The summed E-state index contributed by atoms with van der Waals surface area (Å²) in [6, 6.07) is 11.6. The minimum absolute atomic E-state index is 0.294. The van der Waals surface area contributed by atoms with E-state index < -0.39 is 13.9 Å². The third kappa shape index (κ3) is 4.33. The summed E-state index contributed by atoms with van der Waals surface area (Å²) in [6.45, 7) is 3.89. The summed E-state index contributed by atoms with van der Waals surface area (Å²) in [5.74, 6) is 0.776. The average Bonchev–Trinajstić information content (AvgIpc) is 2.59. The van der Waals surface area contributed by atoms with Crippen molar-refractivity contribution in [1.82, 2.24) is 0 Å². The van der Waals surface area contributed by atoms with Crippen LogP contribution in [0.1, 0.15) is 25.7 Å². The molecule has 0 saturated carbocycles. The highest BCUT2D eigenvalue weighted by Gasteiger charge is 2.27. The number of hydrogen-bond acceptors (Lipinski definition) is 5. The van der Waals surface area contributed by atoms with E-state index >= 15 is 0 Å². The van der Waals surface area contributed by atoms with Crippen molar-refractivity contribution in [1.29, 1.82) is 0 Å². The normalized spacial score (nSPS) is 15.3. The van der Waals surface area contributed by atoms with Crippen LogP contribution in [-0.2, 0) is 18.3 Å². The van der Waals surface area contributed by atoms with Gasteiger partial charge in [-0.05, 0) is 35.9 Å². The van der Waals surface area contributed by atoms with Crippen LogP contribution in [-0.4, -0.2) is 27.0 Å². The molecule has 0 spiro atoms. The van der Waals surface area contributed by atoms with Crippen LogP contribution < -0.4 is 4.74 Å². The van der Waals surface area contributed by atoms with Crippen LogP contribution in [0.5, 0.6) is 5.75 Å². The SMILES string of the molecule is CCOP(=O)(CC)OC(OC)c1ccc2ccc(OC)cc2c1. The molecule has 0 radical (unpaired) electrons. The molecule has 5 nitrogen and oxygen atoms in total. The summed E-state index contributed by atoms with van der Waals surface area (Å²) >= 11 is 0. The first-order valence-electron chi connectivity index (χ1n) is 7.57. The van der Waals surface area contributed by atoms with Gasteiger partial charge in [0.15, 0.2) is 6.29 Å². The topological polar surface area (TPSA) is 54.0 Å². The molecule has 0 aliphatic rings. The van der Waals surface area contributed by atoms with E-state index in [0.717, 1.165) is 22.1 Å². The summed E-state index contributed by atoms with van der Waals surface area (Å²) < 4.78 is 34.1. The van der Waals surface area contributed by atoms with Gasteiger partial charge in [-0.2, -0.15) is 0 Å². The van der Waals surface area contributed by atoms with Crippen molar-refractivity contribution >= 4 is 18.4 Å². The Morgan fingerprint density at radius 1 is 1.04 bits per heavy atom. The molecule has 0 aromatic heterocycles. The number of ether oxygens (including phenoxy) is 2. The second-order valence-electron chi connectivity index (χ2n) is 4.99. The first kappa shape index (κ1) is 18.0. The first-order valence-corrected chi connectivity index (χ1v) is 9.30. The van der Waals surface area contributed by atoms with E-state index in [1.165, 1.54) is 7.11 Å². The monoisotopic (exact) mass is 338 g/mol. The molecule has 0 bridgehead atoms. The maximum Gasteiger partial charge on any atom is 0.332 e. The van der Waals surface area contributed by atoms with Crippen molar-refractivity contribution in [2.45, 2.75) is 20.1 Å². The van der Waals surface area contributed by atoms with Gasteiger partial charge in [0, 0.05) is 18.8 Å². The van der Waals surface area contributed by atoms with E-state index in [1.54, 1.807) is 21.0 Å². The smallest absolute Gasteiger partial charge is 0.332 e. The van der Waals surface area contributed by atoms with Crippen LogP contribution in [0.15, 0.2) is 36.4 Å². The maximum absolute atomic E-state index is 12.5. The summed E-state index contributed by atoms with van der Waals surface area (Å²) in [5.41, 5.74) is 0.779. The van der Waals surface area contributed by atoms with Gasteiger partial charge < -0.3 is 14.0 Å². The number of rotatable bonds is 8. The van der Waals surface area contributed by atoms with Crippen LogP contribution >= 0.6 is 7.60 Å². The fourth-order valence-electron chi connectivity index (χ4n) is 2.30. The molecule has 2 unspecified atom stereocenters. The molecule has 0 aliphatic heterocycles. The zero-order valence-corrected chi connectivity index (χ0v) is 14.8. The Morgan fingerprint density at radius 2 is 1.78 bits per heavy atom. The molecule has 0 saturated heterocycles.